The van der Waals surface area contributed by atoms with Crippen molar-refractivity contribution in [3.8, 4) is 5.75 Å². The maximum Gasteiger partial charge on any atom is 0.124 e. The summed E-state index contributed by atoms with van der Waals surface area (Å²) >= 11 is 3.23. The molecule has 2 aromatic rings. The molecule has 1 atom stereocenters. The summed E-state index contributed by atoms with van der Waals surface area (Å²) in [5.74, 6) is -0.197. The van der Waals surface area contributed by atoms with Crippen LogP contribution in [-0.4, -0.2) is 24.4 Å². The van der Waals surface area contributed by atoms with Crippen LogP contribution >= 0.6 is 15.9 Å². The van der Waals surface area contributed by atoms with Crippen molar-refractivity contribution in [2.45, 2.75) is 6.10 Å². The van der Waals surface area contributed by atoms with Crippen LogP contribution in [-0.2, 0) is 0 Å². The molecule has 21 heavy (non-hydrogen) atoms. The Kier molecular flexibility index (Phi) is 5.52. The fraction of sp³-hybridized carbons (Fsp3) is 0.200. The Balaban J connectivity index is 1.79. The molecular weight excluding hydrogens is 344 g/mol. The van der Waals surface area contributed by atoms with Gasteiger partial charge in [-0.25, -0.2) is 8.78 Å². The predicted molar refractivity (Wildman–Crippen MR) is 80.5 cm³/mol. The second-order valence-electron chi connectivity index (χ2n) is 4.42. The highest BCUT2D eigenvalue weighted by molar-refractivity contribution is 9.10. The van der Waals surface area contributed by atoms with Gasteiger partial charge in [0.15, 0.2) is 0 Å². The third-order valence-electron chi connectivity index (χ3n) is 2.72. The van der Waals surface area contributed by atoms with Gasteiger partial charge in [-0.05, 0) is 58.4 Å². The number of hydrogen-bond donors (Lipinski definition) is 2. The molecule has 1 unspecified atom stereocenters. The molecule has 0 aliphatic heterocycles. The Labute approximate surface area is 129 Å². The summed E-state index contributed by atoms with van der Waals surface area (Å²) < 4.78 is 31.6. The smallest absolute Gasteiger partial charge is 0.124 e. The number of hydrogen-bond acceptors (Lipinski definition) is 3. The van der Waals surface area contributed by atoms with E-state index in [9.17, 15) is 13.9 Å². The lowest BCUT2D eigenvalue weighted by Gasteiger charge is -2.15. The first-order chi connectivity index (χ1) is 10.0. The molecule has 2 aromatic carbocycles. The fourth-order valence-corrected chi connectivity index (χ4v) is 2.13. The maximum atomic E-state index is 12.9. The Morgan fingerprint density at radius 3 is 2.43 bits per heavy atom. The number of halogens is 3. The van der Waals surface area contributed by atoms with Crippen LogP contribution in [0.25, 0.3) is 0 Å². The van der Waals surface area contributed by atoms with E-state index in [2.05, 4.69) is 21.2 Å². The molecule has 0 bridgehead atoms. The van der Waals surface area contributed by atoms with Crippen molar-refractivity contribution in [3.05, 3.63) is 58.6 Å². The lowest BCUT2D eigenvalue weighted by molar-refractivity contribution is 0.117. The molecule has 0 spiro atoms. The quantitative estimate of drug-likeness (QED) is 0.830. The van der Waals surface area contributed by atoms with Crippen LogP contribution in [0.5, 0.6) is 5.75 Å². The summed E-state index contributed by atoms with van der Waals surface area (Å²) in [4.78, 5) is 0. The molecule has 0 aliphatic rings. The highest BCUT2D eigenvalue weighted by atomic mass is 79.9. The van der Waals surface area contributed by atoms with Crippen molar-refractivity contribution in [2.24, 2.45) is 0 Å². The van der Waals surface area contributed by atoms with Crippen molar-refractivity contribution < 1.29 is 18.6 Å². The van der Waals surface area contributed by atoms with Gasteiger partial charge in [0.2, 0.25) is 0 Å². The molecule has 2 rings (SSSR count). The van der Waals surface area contributed by atoms with Crippen LogP contribution in [0.4, 0.5) is 14.5 Å². The van der Waals surface area contributed by atoms with Crippen LogP contribution in [0, 0.1) is 11.6 Å². The van der Waals surface area contributed by atoms with Gasteiger partial charge < -0.3 is 15.2 Å². The Bertz CT molecular complexity index is 593. The largest absolute Gasteiger partial charge is 0.491 e. The van der Waals surface area contributed by atoms with Gasteiger partial charge in [-0.1, -0.05) is 0 Å². The lowest BCUT2D eigenvalue weighted by atomic mass is 10.3. The third-order valence-corrected chi connectivity index (χ3v) is 3.37. The first kappa shape index (κ1) is 15.7. The van der Waals surface area contributed by atoms with E-state index in [1.54, 1.807) is 6.07 Å². The SMILES string of the molecule is OC(CNc1ccc(F)cc1Br)COc1ccc(F)cc1. The monoisotopic (exact) mass is 357 g/mol. The van der Waals surface area contributed by atoms with Gasteiger partial charge >= 0.3 is 0 Å². The number of anilines is 1. The van der Waals surface area contributed by atoms with Crippen LogP contribution in [0.1, 0.15) is 0 Å². The lowest BCUT2D eigenvalue weighted by Crippen LogP contribution is -2.26. The molecule has 0 aliphatic carbocycles. The van der Waals surface area contributed by atoms with Crippen molar-refractivity contribution in [1.29, 1.82) is 0 Å². The van der Waals surface area contributed by atoms with Gasteiger partial charge in [0.25, 0.3) is 0 Å². The van der Waals surface area contributed by atoms with Gasteiger partial charge in [0.1, 0.15) is 30.1 Å². The molecule has 6 heteroatoms. The topological polar surface area (TPSA) is 41.5 Å². The number of aliphatic hydroxyl groups is 1. The van der Waals surface area contributed by atoms with E-state index >= 15 is 0 Å². The van der Waals surface area contributed by atoms with Crippen LogP contribution in [0.15, 0.2) is 46.9 Å². The fourth-order valence-electron chi connectivity index (χ4n) is 1.64. The number of rotatable bonds is 6. The molecule has 0 heterocycles. The standard InChI is InChI=1S/C15H14BrF2NO2/c16-14-7-11(18)3-6-15(14)19-8-12(20)9-21-13-4-1-10(17)2-5-13/h1-7,12,19-20H,8-9H2. The molecule has 0 aromatic heterocycles. The minimum Gasteiger partial charge on any atom is -0.491 e. The summed E-state index contributed by atoms with van der Waals surface area (Å²) in [6.45, 7) is 0.308. The predicted octanol–water partition coefficient (Wildman–Crippen LogP) is 3.58. The van der Waals surface area contributed by atoms with Crippen LogP contribution in [0.2, 0.25) is 0 Å². The first-order valence-electron chi connectivity index (χ1n) is 6.30. The average molecular weight is 358 g/mol. The average Bonchev–Trinajstić information content (AvgIpc) is 2.46. The van der Waals surface area contributed by atoms with E-state index in [0.717, 1.165) is 0 Å². The highest BCUT2D eigenvalue weighted by Crippen LogP contribution is 2.22. The van der Waals surface area contributed by atoms with E-state index in [4.69, 9.17) is 4.74 Å². The molecule has 112 valence electrons. The van der Waals surface area contributed by atoms with E-state index < -0.39 is 6.10 Å². The van der Waals surface area contributed by atoms with Crippen molar-refractivity contribution in [2.75, 3.05) is 18.5 Å². The highest BCUT2D eigenvalue weighted by Gasteiger charge is 2.07. The van der Waals surface area contributed by atoms with Crippen LogP contribution in [0.3, 0.4) is 0 Å². The third kappa shape index (κ3) is 4.99. The minimum absolute atomic E-state index is 0.0669. The van der Waals surface area contributed by atoms with Crippen molar-refractivity contribution in [1.82, 2.24) is 0 Å². The maximum absolute atomic E-state index is 12.9. The number of benzene rings is 2. The van der Waals surface area contributed by atoms with Crippen LogP contribution < -0.4 is 10.1 Å². The molecule has 0 saturated heterocycles. The van der Waals surface area contributed by atoms with Gasteiger partial charge in [-0.2, -0.15) is 0 Å². The zero-order chi connectivity index (χ0) is 15.2. The summed E-state index contributed by atoms with van der Waals surface area (Å²) in [5, 5.41) is 12.8. The van der Waals surface area contributed by atoms with E-state index in [-0.39, 0.29) is 24.8 Å². The van der Waals surface area contributed by atoms with Crippen molar-refractivity contribution >= 4 is 21.6 Å². The summed E-state index contributed by atoms with van der Waals surface area (Å²) in [5.41, 5.74) is 0.678. The zero-order valence-corrected chi connectivity index (χ0v) is 12.6. The van der Waals surface area contributed by atoms with Crippen molar-refractivity contribution in [3.63, 3.8) is 0 Å². The molecule has 0 amide bonds. The second kappa shape index (κ2) is 7.38. The Morgan fingerprint density at radius 2 is 1.76 bits per heavy atom. The molecule has 0 radical (unpaired) electrons. The zero-order valence-electron chi connectivity index (χ0n) is 11.0. The Hall–Kier alpha value is -1.66. The van der Waals surface area contributed by atoms with E-state index in [1.807, 2.05) is 0 Å². The van der Waals surface area contributed by atoms with E-state index in [0.29, 0.717) is 15.9 Å². The van der Waals surface area contributed by atoms with E-state index in [1.165, 1.54) is 36.4 Å². The summed E-state index contributed by atoms with van der Waals surface area (Å²) in [6, 6.07) is 9.80. The van der Waals surface area contributed by atoms with Gasteiger partial charge in [0.05, 0.1) is 0 Å². The van der Waals surface area contributed by atoms with Gasteiger partial charge in [-0.15, -0.1) is 0 Å². The second-order valence-corrected chi connectivity index (χ2v) is 5.28. The number of aliphatic hydroxyl groups excluding tert-OH is 1. The first-order valence-corrected chi connectivity index (χ1v) is 7.09. The van der Waals surface area contributed by atoms with Gasteiger partial charge in [0, 0.05) is 16.7 Å². The molecule has 2 N–H and O–H groups in total. The molecular formula is C15H14BrF2NO2. The normalized spacial score (nSPS) is 12.0. The number of nitrogens with one attached hydrogen (secondary N) is 1. The summed E-state index contributed by atoms with van der Waals surface area (Å²) in [6.07, 6.45) is -0.757. The summed E-state index contributed by atoms with van der Waals surface area (Å²) in [7, 11) is 0. The molecule has 3 nitrogen and oxygen atoms in total. The van der Waals surface area contributed by atoms with Gasteiger partial charge in [-0.3, -0.25) is 0 Å². The molecule has 0 fully saturated rings. The minimum atomic E-state index is -0.757. The number of ether oxygens (including phenoxy) is 1. The Morgan fingerprint density at radius 1 is 1.10 bits per heavy atom. The molecule has 0 saturated carbocycles.